The summed E-state index contributed by atoms with van der Waals surface area (Å²) in [6.07, 6.45) is 1.31. The minimum Gasteiger partial charge on any atom is -0.381 e. The fraction of sp³-hybridized carbons (Fsp3) is 1.00. The van der Waals surface area contributed by atoms with Crippen LogP contribution in [0.25, 0.3) is 0 Å². The zero-order valence-corrected chi connectivity index (χ0v) is 13.5. The predicted octanol–water partition coefficient (Wildman–Crippen LogP) is 0.903. The second kappa shape index (κ2) is 7.17. The first-order valence-corrected chi connectivity index (χ1v) is 8.63. The van der Waals surface area contributed by atoms with Crippen molar-refractivity contribution in [1.29, 1.82) is 0 Å². The molecule has 1 fully saturated rings. The average Bonchev–Trinajstić information content (AvgIpc) is 2.25. The molecule has 0 unspecified atom stereocenters. The minimum atomic E-state index is -3.51. The first kappa shape index (κ1) is 17.8. The summed E-state index contributed by atoms with van der Waals surface area (Å²) in [6.45, 7) is 8.36. The molecule has 0 saturated carbocycles. The van der Waals surface area contributed by atoms with E-state index in [9.17, 15) is 8.42 Å². The van der Waals surface area contributed by atoms with E-state index in [0.717, 1.165) is 0 Å². The number of primary sulfonamides is 1. The first-order valence-electron chi connectivity index (χ1n) is 6.92. The van der Waals surface area contributed by atoms with Gasteiger partial charge in [-0.2, -0.15) is 0 Å². The second-order valence-electron chi connectivity index (χ2n) is 6.43. The van der Waals surface area contributed by atoms with E-state index in [1.165, 1.54) is 0 Å². The smallest absolute Gasteiger partial charge is 0.209 e. The topological polar surface area (TPSA) is 87.9 Å². The zero-order chi connectivity index (χ0) is 15.3. The highest BCUT2D eigenvalue weighted by Crippen LogP contribution is 2.32. The minimum absolute atomic E-state index is 0.0521. The molecule has 1 aliphatic heterocycles. The van der Waals surface area contributed by atoms with E-state index in [-0.39, 0.29) is 11.4 Å². The van der Waals surface area contributed by atoms with Gasteiger partial charge >= 0.3 is 0 Å². The Morgan fingerprint density at radius 2 is 1.80 bits per heavy atom. The van der Waals surface area contributed by atoms with Gasteiger partial charge in [-0.05, 0) is 33.6 Å². The van der Waals surface area contributed by atoms with Gasteiger partial charge in [0.25, 0.3) is 0 Å². The molecule has 0 aliphatic carbocycles. The quantitative estimate of drug-likeness (QED) is 0.706. The van der Waals surface area contributed by atoms with Crippen molar-refractivity contribution in [2.24, 2.45) is 10.6 Å². The van der Waals surface area contributed by atoms with Gasteiger partial charge in [0.15, 0.2) is 0 Å². The van der Waals surface area contributed by atoms with Crippen LogP contribution in [0.5, 0.6) is 0 Å². The van der Waals surface area contributed by atoms with E-state index in [1.807, 2.05) is 20.8 Å². The summed E-state index contributed by atoms with van der Waals surface area (Å²) in [5.74, 6) is -0.0521. The summed E-state index contributed by atoms with van der Waals surface area (Å²) < 4.78 is 39.2. The fourth-order valence-electron chi connectivity index (χ4n) is 2.26. The molecule has 7 heteroatoms. The molecule has 0 atom stereocenters. The van der Waals surface area contributed by atoms with Crippen molar-refractivity contribution in [3.63, 3.8) is 0 Å². The third-order valence-electron chi connectivity index (χ3n) is 3.23. The highest BCUT2D eigenvalue weighted by Gasteiger charge is 2.36. The second-order valence-corrected chi connectivity index (χ2v) is 8.05. The van der Waals surface area contributed by atoms with Gasteiger partial charge in [0.2, 0.25) is 10.0 Å². The Morgan fingerprint density at radius 1 is 1.20 bits per heavy atom. The van der Waals surface area contributed by atoms with E-state index >= 15 is 0 Å². The van der Waals surface area contributed by atoms with Gasteiger partial charge < -0.3 is 14.2 Å². The van der Waals surface area contributed by atoms with Crippen molar-refractivity contribution >= 4 is 10.0 Å². The highest BCUT2D eigenvalue weighted by atomic mass is 32.2. The number of hydrogen-bond acceptors (Lipinski definition) is 5. The van der Waals surface area contributed by atoms with E-state index in [1.54, 1.807) is 0 Å². The summed E-state index contributed by atoms with van der Waals surface area (Å²) in [5, 5.41) is 5.19. The molecule has 1 rings (SSSR count). The molecule has 1 saturated heterocycles. The fourth-order valence-corrected chi connectivity index (χ4v) is 3.48. The van der Waals surface area contributed by atoms with E-state index in [0.29, 0.717) is 45.9 Å². The Balaban J connectivity index is 2.42. The molecule has 0 spiro atoms. The van der Waals surface area contributed by atoms with Crippen LogP contribution in [0.3, 0.4) is 0 Å². The Morgan fingerprint density at radius 3 is 2.30 bits per heavy atom. The van der Waals surface area contributed by atoms with Crippen LogP contribution >= 0.6 is 0 Å². The van der Waals surface area contributed by atoms with Gasteiger partial charge in [-0.15, -0.1) is 0 Å². The Labute approximate surface area is 122 Å². The number of hydrogen-bond donors (Lipinski definition) is 1. The Hall–Kier alpha value is -0.210. The monoisotopic (exact) mass is 309 g/mol. The molecular formula is C13H27NO5S. The summed E-state index contributed by atoms with van der Waals surface area (Å²) >= 11 is 0. The first-order chi connectivity index (χ1) is 9.12. The van der Waals surface area contributed by atoms with Crippen LogP contribution in [-0.4, -0.2) is 52.8 Å². The lowest BCUT2D eigenvalue weighted by Crippen LogP contribution is -2.42. The summed E-state index contributed by atoms with van der Waals surface area (Å²) in [7, 11) is -3.51. The maximum atomic E-state index is 11.4. The van der Waals surface area contributed by atoms with E-state index < -0.39 is 15.4 Å². The summed E-state index contributed by atoms with van der Waals surface area (Å²) in [6, 6.07) is 0. The number of rotatable bonds is 7. The molecule has 0 aromatic heterocycles. The van der Waals surface area contributed by atoms with Gasteiger partial charge in [0, 0.05) is 18.6 Å². The van der Waals surface area contributed by atoms with Gasteiger partial charge in [0.05, 0.1) is 31.2 Å². The van der Waals surface area contributed by atoms with Gasteiger partial charge in [-0.1, -0.05) is 0 Å². The highest BCUT2D eigenvalue weighted by molar-refractivity contribution is 7.89. The SMILES string of the molecule is CC(C)(C)OCCOCC1(CS(N)(=O)=O)CCOCC1. The van der Waals surface area contributed by atoms with Crippen molar-refractivity contribution in [2.45, 2.75) is 39.2 Å². The molecule has 0 bridgehead atoms. The van der Waals surface area contributed by atoms with Gasteiger partial charge in [-0.25, -0.2) is 13.6 Å². The zero-order valence-electron chi connectivity index (χ0n) is 12.7. The van der Waals surface area contributed by atoms with Crippen LogP contribution in [0, 0.1) is 5.41 Å². The maximum Gasteiger partial charge on any atom is 0.209 e. The lowest BCUT2D eigenvalue weighted by Gasteiger charge is -2.36. The largest absolute Gasteiger partial charge is 0.381 e. The third kappa shape index (κ3) is 7.54. The molecule has 120 valence electrons. The van der Waals surface area contributed by atoms with Crippen LogP contribution in [0.2, 0.25) is 0 Å². The van der Waals surface area contributed by atoms with Crippen molar-refractivity contribution in [3.05, 3.63) is 0 Å². The molecule has 0 radical (unpaired) electrons. The number of nitrogens with two attached hydrogens (primary N) is 1. The molecule has 0 aromatic carbocycles. The van der Waals surface area contributed by atoms with Crippen LogP contribution in [-0.2, 0) is 24.2 Å². The van der Waals surface area contributed by atoms with Crippen molar-refractivity contribution < 1.29 is 22.6 Å². The molecule has 1 aliphatic rings. The Kier molecular flexibility index (Phi) is 6.40. The molecule has 0 amide bonds. The van der Waals surface area contributed by atoms with Gasteiger partial charge in [-0.3, -0.25) is 0 Å². The van der Waals surface area contributed by atoms with Crippen LogP contribution in [0.15, 0.2) is 0 Å². The number of sulfonamides is 1. The van der Waals surface area contributed by atoms with Crippen molar-refractivity contribution in [3.8, 4) is 0 Å². The standard InChI is InChI=1S/C13H27NO5S/c1-12(2,3)19-9-8-18-10-13(11-20(14,15)16)4-6-17-7-5-13/h4-11H2,1-3H3,(H2,14,15,16). The molecule has 1 heterocycles. The number of ether oxygens (including phenoxy) is 3. The van der Waals surface area contributed by atoms with Crippen LogP contribution < -0.4 is 5.14 Å². The normalized spacial score (nSPS) is 20.0. The summed E-state index contributed by atoms with van der Waals surface area (Å²) in [5.41, 5.74) is -0.617. The maximum absolute atomic E-state index is 11.4. The average molecular weight is 309 g/mol. The summed E-state index contributed by atoms with van der Waals surface area (Å²) in [4.78, 5) is 0. The molecule has 6 nitrogen and oxygen atoms in total. The van der Waals surface area contributed by atoms with E-state index in [4.69, 9.17) is 19.3 Å². The van der Waals surface area contributed by atoms with Crippen molar-refractivity contribution in [1.82, 2.24) is 0 Å². The van der Waals surface area contributed by atoms with Crippen molar-refractivity contribution in [2.75, 3.05) is 38.8 Å². The van der Waals surface area contributed by atoms with Crippen LogP contribution in [0.1, 0.15) is 33.6 Å². The lowest BCUT2D eigenvalue weighted by atomic mass is 9.83. The third-order valence-corrected chi connectivity index (χ3v) is 4.25. The lowest BCUT2D eigenvalue weighted by molar-refractivity contribution is -0.0641. The molecule has 2 N–H and O–H groups in total. The predicted molar refractivity (Wildman–Crippen MR) is 77.0 cm³/mol. The van der Waals surface area contributed by atoms with E-state index in [2.05, 4.69) is 0 Å². The Bertz CT molecular complexity index is 382. The molecule has 0 aromatic rings. The molecular weight excluding hydrogens is 282 g/mol. The van der Waals surface area contributed by atoms with Crippen LogP contribution in [0.4, 0.5) is 0 Å². The molecule has 20 heavy (non-hydrogen) atoms. The van der Waals surface area contributed by atoms with Gasteiger partial charge in [0.1, 0.15) is 0 Å².